The third-order valence-corrected chi connectivity index (χ3v) is 3.52. The molecule has 0 spiro atoms. The summed E-state index contributed by atoms with van der Waals surface area (Å²) in [6.07, 6.45) is -3.34. The Hall–Kier alpha value is -3.23. The summed E-state index contributed by atoms with van der Waals surface area (Å²) in [5.41, 5.74) is 1.80. The summed E-state index contributed by atoms with van der Waals surface area (Å²) in [4.78, 5) is 12.2. The van der Waals surface area contributed by atoms with Gasteiger partial charge in [0.25, 0.3) is 5.91 Å². The number of amides is 1. The van der Waals surface area contributed by atoms with Gasteiger partial charge in [-0.15, -0.1) is 0 Å². The lowest BCUT2D eigenvalue weighted by Gasteiger charge is -2.13. The number of alkyl halides is 3. The van der Waals surface area contributed by atoms with Gasteiger partial charge in [-0.05, 0) is 29.8 Å². The van der Waals surface area contributed by atoms with Gasteiger partial charge in [0.05, 0.1) is 33.1 Å². The normalized spacial score (nSPS) is 11.3. The van der Waals surface area contributed by atoms with Crippen LogP contribution < -0.4 is 19.6 Å². The van der Waals surface area contributed by atoms with Crippen molar-refractivity contribution < 1.29 is 32.2 Å². The fraction of sp³-hybridized carbons (Fsp3) is 0.222. The van der Waals surface area contributed by atoms with Gasteiger partial charge in [-0.3, -0.25) is 4.79 Å². The highest BCUT2D eigenvalue weighted by molar-refractivity contribution is 5.96. The Balaban J connectivity index is 2.17. The number of nitrogens with one attached hydrogen (secondary N) is 1. The maximum absolute atomic E-state index is 12.7. The molecule has 0 unspecified atom stereocenters. The van der Waals surface area contributed by atoms with Gasteiger partial charge in [0.2, 0.25) is 5.75 Å². The molecule has 9 heteroatoms. The fourth-order valence-electron chi connectivity index (χ4n) is 2.24. The zero-order valence-electron chi connectivity index (χ0n) is 14.8. The Bertz CT molecular complexity index is 826. The average Bonchev–Trinajstić information content (AvgIpc) is 2.66. The molecule has 0 aliphatic rings. The van der Waals surface area contributed by atoms with E-state index in [9.17, 15) is 18.0 Å². The van der Waals surface area contributed by atoms with E-state index in [1.807, 2.05) is 0 Å². The van der Waals surface area contributed by atoms with Crippen LogP contribution in [0.3, 0.4) is 0 Å². The summed E-state index contributed by atoms with van der Waals surface area (Å²) in [5, 5.41) is 3.69. The van der Waals surface area contributed by atoms with E-state index < -0.39 is 17.6 Å². The molecule has 144 valence electrons. The molecule has 1 N–H and O–H groups in total. The van der Waals surface area contributed by atoms with E-state index in [1.54, 1.807) is 0 Å². The van der Waals surface area contributed by atoms with Crippen molar-refractivity contribution in [3.63, 3.8) is 0 Å². The van der Waals surface area contributed by atoms with Crippen molar-refractivity contribution >= 4 is 12.1 Å². The lowest BCUT2D eigenvalue weighted by Crippen LogP contribution is -2.18. The quantitative estimate of drug-likeness (QED) is 0.613. The maximum atomic E-state index is 12.7. The monoisotopic (exact) mass is 382 g/mol. The predicted octanol–water partition coefficient (Wildman–Crippen LogP) is 3.50. The first-order chi connectivity index (χ1) is 12.8. The van der Waals surface area contributed by atoms with Crippen molar-refractivity contribution in [1.82, 2.24) is 5.43 Å². The number of nitrogens with zero attached hydrogens (tertiary/aromatic N) is 1. The zero-order chi connectivity index (χ0) is 20.0. The lowest BCUT2D eigenvalue weighted by atomic mass is 10.1. The fourth-order valence-corrected chi connectivity index (χ4v) is 2.24. The minimum Gasteiger partial charge on any atom is -0.493 e. The standard InChI is InChI=1S/C18H17F3N2O4/c1-25-14-8-12(9-15(26-2)16(14)27-3)17(24)23-22-10-11-5-4-6-13(7-11)18(19,20)21/h4-10H,1-3H3,(H,23,24)/b22-10-. The first-order valence-corrected chi connectivity index (χ1v) is 7.60. The molecule has 0 aliphatic heterocycles. The molecule has 0 bridgehead atoms. The first kappa shape index (κ1) is 20.1. The molecule has 0 radical (unpaired) electrons. The van der Waals surface area contributed by atoms with Gasteiger partial charge in [-0.2, -0.15) is 18.3 Å². The zero-order valence-corrected chi connectivity index (χ0v) is 14.8. The first-order valence-electron chi connectivity index (χ1n) is 7.60. The van der Waals surface area contributed by atoms with Gasteiger partial charge in [0, 0.05) is 5.56 Å². The van der Waals surface area contributed by atoms with E-state index in [0.717, 1.165) is 18.3 Å². The molecule has 0 fully saturated rings. The summed E-state index contributed by atoms with van der Waals surface area (Å²) in [6, 6.07) is 7.42. The highest BCUT2D eigenvalue weighted by Crippen LogP contribution is 2.38. The van der Waals surface area contributed by atoms with E-state index in [4.69, 9.17) is 14.2 Å². The summed E-state index contributed by atoms with van der Waals surface area (Å²) in [5.74, 6) is 0.286. The molecule has 0 atom stereocenters. The molecule has 0 aromatic heterocycles. The predicted molar refractivity (Wildman–Crippen MR) is 92.6 cm³/mol. The summed E-state index contributed by atoms with van der Waals surface area (Å²) >= 11 is 0. The number of carbonyl (C=O) groups excluding carboxylic acids is 1. The van der Waals surface area contributed by atoms with Crippen LogP contribution >= 0.6 is 0 Å². The largest absolute Gasteiger partial charge is 0.493 e. The van der Waals surface area contributed by atoms with E-state index in [-0.39, 0.29) is 22.6 Å². The van der Waals surface area contributed by atoms with Gasteiger partial charge < -0.3 is 14.2 Å². The second kappa shape index (κ2) is 8.43. The van der Waals surface area contributed by atoms with Crippen molar-refractivity contribution in [2.24, 2.45) is 5.10 Å². The van der Waals surface area contributed by atoms with Crippen molar-refractivity contribution in [1.29, 1.82) is 0 Å². The molecule has 2 aromatic carbocycles. The van der Waals surface area contributed by atoms with Crippen LogP contribution in [0.25, 0.3) is 0 Å². The number of hydrogen-bond donors (Lipinski definition) is 1. The minimum atomic E-state index is -4.46. The number of rotatable bonds is 6. The Morgan fingerprint density at radius 1 is 1.04 bits per heavy atom. The van der Waals surface area contributed by atoms with Crippen LogP contribution in [0.1, 0.15) is 21.5 Å². The van der Waals surface area contributed by atoms with Gasteiger partial charge >= 0.3 is 6.18 Å². The van der Waals surface area contributed by atoms with Gasteiger partial charge in [0.1, 0.15) is 0 Å². The Morgan fingerprint density at radius 2 is 1.67 bits per heavy atom. The van der Waals surface area contributed by atoms with E-state index >= 15 is 0 Å². The highest BCUT2D eigenvalue weighted by atomic mass is 19.4. The van der Waals surface area contributed by atoms with Crippen LogP contribution in [0, 0.1) is 0 Å². The average molecular weight is 382 g/mol. The molecule has 1 amide bonds. The third-order valence-electron chi connectivity index (χ3n) is 3.52. The smallest absolute Gasteiger partial charge is 0.416 e. The van der Waals surface area contributed by atoms with E-state index in [0.29, 0.717) is 5.75 Å². The summed E-state index contributed by atoms with van der Waals surface area (Å²) in [6.45, 7) is 0. The molecule has 6 nitrogen and oxygen atoms in total. The Labute approximate surface area is 153 Å². The van der Waals surface area contributed by atoms with Crippen LogP contribution in [0.5, 0.6) is 17.2 Å². The second-order valence-corrected chi connectivity index (χ2v) is 5.24. The number of hydrogen-bond acceptors (Lipinski definition) is 5. The number of hydrazone groups is 1. The molecule has 0 saturated carbocycles. The molecular formula is C18H17F3N2O4. The summed E-state index contributed by atoms with van der Waals surface area (Å²) in [7, 11) is 4.25. The number of ether oxygens (including phenoxy) is 3. The van der Waals surface area contributed by atoms with Crippen molar-refractivity contribution in [3.05, 3.63) is 53.1 Å². The second-order valence-electron chi connectivity index (χ2n) is 5.24. The minimum absolute atomic E-state index is 0.172. The van der Waals surface area contributed by atoms with Crippen molar-refractivity contribution in [3.8, 4) is 17.2 Å². The van der Waals surface area contributed by atoms with Gasteiger partial charge in [-0.25, -0.2) is 5.43 Å². The topological polar surface area (TPSA) is 69.2 Å². The van der Waals surface area contributed by atoms with Crippen LogP contribution in [-0.2, 0) is 6.18 Å². The number of methoxy groups -OCH3 is 3. The highest BCUT2D eigenvalue weighted by Gasteiger charge is 2.30. The lowest BCUT2D eigenvalue weighted by molar-refractivity contribution is -0.137. The number of benzene rings is 2. The molecule has 2 aromatic rings. The molecule has 27 heavy (non-hydrogen) atoms. The third kappa shape index (κ3) is 4.90. The molecule has 2 rings (SSSR count). The Morgan fingerprint density at radius 3 is 2.19 bits per heavy atom. The van der Waals surface area contributed by atoms with Crippen LogP contribution in [0.4, 0.5) is 13.2 Å². The Kier molecular flexibility index (Phi) is 6.27. The van der Waals surface area contributed by atoms with Crippen molar-refractivity contribution in [2.75, 3.05) is 21.3 Å². The molecule has 0 saturated heterocycles. The van der Waals surface area contributed by atoms with Crippen LogP contribution in [0.15, 0.2) is 41.5 Å². The molecular weight excluding hydrogens is 365 g/mol. The van der Waals surface area contributed by atoms with Crippen LogP contribution in [0.2, 0.25) is 0 Å². The van der Waals surface area contributed by atoms with Crippen LogP contribution in [-0.4, -0.2) is 33.5 Å². The van der Waals surface area contributed by atoms with Gasteiger partial charge in [-0.1, -0.05) is 12.1 Å². The van der Waals surface area contributed by atoms with Crippen molar-refractivity contribution in [2.45, 2.75) is 6.18 Å². The number of carbonyl (C=O) groups is 1. The maximum Gasteiger partial charge on any atom is 0.416 e. The van der Waals surface area contributed by atoms with E-state index in [2.05, 4.69) is 10.5 Å². The molecule has 0 heterocycles. The van der Waals surface area contributed by atoms with E-state index in [1.165, 1.54) is 45.6 Å². The SMILES string of the molecule is COc1cc(C(=O)N/N=C\c2cccc(C(F)(F)F)c2)cc(OC)c1OC. The summed E-state index contributed by atoms with van der Waals surface area (Å²) < 4.78 is 53.6. The van der Waals surface area contributed by atoms with Gasteiger partial charge in [0.15, 0.2) is 11.5 Å². The number of halogens is 3. The molecule has 0 aliphatic carbocycles.